The predicted octanol–water partition coefficient (Wildman–Crippen LogP) is 1.17. The van der Waals surface area contributed by atoms with E-state index in [1.54, 1.807) is 35.0 Å². The number of benzene rings is 1. The molecule has 19 heavy (non-hydrogen) atoms. The molecule has 3 N–H and O–H groups in total. The van der Waals surface area contributed by atoms with Crippen molar-refractivity contribution in [3.05, 3.63) is 52.8 Å². The van der Waals surface area contributed by atoms with Crippen molar-refractivity contribution >= 4 is 16.6 Å². The lowest BCUT2D eigenvalue weighted by Crippen LogP contribution is -2.08. The second-order valence-corrected chi connectivity index (χ2v) is 4.04. The number of nitrogens with two attached hydrogens (primary N) is 1. The van der Waals surface area contributed by atoms with Gasteiger partial charge in [-0.1, -0.05) is 0 Å². The molecule has 0 bridgehead atoms. The normalized spacial score (nSPS) is 10.5. The van der Waals surface area contributed by atoms with Gasteiger partial charge in [-0.3, -0.25) is 4.79 Å². The van der Waals surface area contributed by atoms with E-state index in [0.29, 0.717) is 28.0 Å². The molecule has 0 aliphatic carbocycles. The third kappa shape index (κ3) is 1.65. The van der Waals surface area contributed by atoms with E-state index in [1.165, 1.54) is 6.33 Å². The van der Waals surface area contributed by atoms with Crippen molar-refractivity contribution in [2.75, 3.05) is 5.73 Å². The molecule has 3 aromatic rings. The molecule has 0 radical (unpaired) electrons. The molecule has 1 aromatic carbocycles. The quantitative estimate of drug-likeness (QED) is 0.634. The van der Waals surface area contributed by atoms with Crippen LogP contribution in [-0.4, -0.2) is 14.5 Å². The summed E-state index contributed by atoms with van der Waals surface area (Å²) in [5, 5.41) is 9.46. The van der Waals surface area contributed by atoms with Gasteiger partial charge in [-0.2, -0.15) is 5.26 Å². The molecule has 0 aliphatic heterocycles. The Morgan fingerprint density at radius 2 is 2.26 bits per heavy atom. The fraction of sp³-hybridized carbons (Fsp3) is 0. The van der Waals surface area contributed by atoms with Crippen LogP contribution in [0.5, 0.6) is 0 Å². The molecule has 92 valence electrons. The Morgan fingerprint density at radius 3 is 3.05 bits per heavy atom. The van der Waals surface area contributed by atoms with Gasteiger partial charge < -0.3 is 15.3 Å². The lowest BCUT2D eigenvalue weighted by molar-refractivity contribution is 1.05. The minimum Gasteiger partial charge on any atom is -0.397 e. The molecule has 0 fully saturated rings. The van der Waals surface area contributed by atoms with Crippen LogP contribution in [0.1, 0.15) is 5.69 Å². The molecular weight excluding hydrogens is 242 g/mol. The van der Waals surface area contributed by atoms with Crippen LogP contribution in [0.4, 0.5) is 5.69 Å². The Balaban J connectivity index is 2.35. The van der Waals surface area contributed by atoms with E-state index in [-0.39, 0.29) is 5.56 Å². The maximum atomic E-state index is 11.6. The Bertz CT molecular complexity index is 869. The van der Waals surface area contributed by atoms with Gasteiger partial charge in [-0.25, -0.2) is 4.98 Å². The molecule has 6 heteroatoms. The highest BCUT2D eigenvalue weighted by Gasteiger charge is 2.09. The highest BCUT2D eigenvalue weighted by molar-refractivity contribution is 5.85. The number of nitrogen functional groups attached to an aromatic ring is 1. The number of rotatable bonds is 1. The molecule has 0 unspecified atom stereocenters. The van der Waals surface area contributed by atoms with Crippen LogP contribution in [0.3, 0.4) is 0 Å². The van der Waals surface area contributed by atoms with Crippen molar-refractivity contribution in [2.45, 2.75) is 0 Å². The maximum absolute atomic E-state index is 11.6. The average molecular weight is 251 g/mol. The summed E-state index contributed by atoms with van der Waals surface area (Å²) < 4.78 is 1.66. The van der Waals surface area contributed by atoms with Crippen LogP contribution in [-0.2, 0) is 0 Å². The summed E-state index contributed by atoms with van der Waals surface area (Å²) in [6.45, 7) is 0. The van der Waals surface area contributed by atoms with E-state index in [2.05, 4.69) is 16.0 Å². The molecule has 3 rings (SSSR count). The van der Waals surface area contributed by atoms with Gasteiger partial charge in [0, 0.05) is 6.20 Å². The van der Waals surface area contributed by atoms with Crippen molar-refractivity contribution in [1.82, 2.24) is 14.5 Å². The van der Waals surface area contributed by atoms with Crippen LogP contribution in [0, 0.1) is 11.3 Å². The number of nitrogens with zero attached hydrogens (tertiary/aromatic N) is 3. The predicted molar refractivity (Wildman–Crippen MR) is 70.8 cm³/mol. The summed E-state index contributed by atoms with van der Waals surface area (Å²) >= 11 is 0. The Hall–Kier alpha value is -3.07. The first-order valence-corrected chi connectivity index (χ1v) is 5.55. The number of aromatic amines is 1. The van der Waals surface area contributed by atoms with Gasteiger partial charge in [0.2, 0.25) is 0 Å². The number of aromatic nitrogens is 3. The number of nitriles is 1. The zero-order valence-electron chi connectivity index (χ0n) is 9.79. The first kappa shape index (κ1) is 11.0. The number of anilines is 1. The lowest BCUT2D eigenvalue weighted by Gasteiger charge is -2.09. The molecule has 0 saturated carbocycles. The van der Waals surface area contributed by atoms with Gasteiger partial charge in [0.05, 0.1) is 28.6 Å². The fourth-order valence-corrected chi connectivity index (χ4v) is 2.01. The summed E-state index contributed by atoms with van der Waals surface area (Å²) in [5.41, 5.74) is 7.77. The zero-order valence-corrected chi connectivity index (χ0v) is 9.79. The van der Waals surface area contributed by atoms with Crippen molar-refractivity contribution in [3.63, 3.8) is 0 Å². The smallest absolute Gasteiger partial charge is 0.258 e. The SMILES string of the molecule is N#Cc1cccn1-c1cc2nc[nH]c(=O)c2cc1N. The highest BCUT2D eigenvalue weighted by Crippen LogP contribution is 2.23. The molecule has 0 saturated heterocycles. The van der Waals surface area contributed by atoms with Crippen LogP contribution >= 0.6 is 0 Å². The largest absolute Gasteiger partial charge is 0.397 e. The molecule has 0 amide bonds. The first-order chi connectivity index (χ1) is 9.20. The summed E-state index contributed by atoms with van der Waals surface area (Å²) in [6, 6.07) is 8.79. The van der Waals surface area contributed by atoms with Crippen molar-refractivity contribution in [2.24, 2.45) is 0 Å². The maximum Gasteiger partial charge on any atom is 0.258 e. The van der Waals surface area contributed by atoms with Gasteiger partial charge in [0.25, 0.3) is 5.56 Å². The molecule has 0 spiro atoms. The van der Waals surface area contributed by atoms with Gasteiger partial charge in [-0.15, -0.1) is 0 Å². The average Bonchev–Trinajstić information content (AvgIpc) is 2.87. The molecule has 0 atom stereocenters. The van der Waals surface area contributed by atoms with Crippen LogP contribution in [0.2, 0.25) is 0 Å². The van der Waals surface area contributed by atoms with Crippen molar-refractivity contribution < 1.29 is 0 Å². The first-order valence-electron chi connectivity index (χ1n) is 5.55. The van der Waals surface area contributed by atoms with Gasteiger partial charge in [0.15, 0.2) is 0 Å². The second kappa shape index (κ2) is 3.99. The molecule has 2 heterocycles. The Morgan fingerprint density at radius 1 is 1.42 bits per heavy atom. The third-order valence-electron chi connectivity index (χ3n) is 2.91. The van der Waals surface area contributed by atoms with Gasteiger partial charge >= 0.3 is 0 Å². The fourth-order valence-electron chi connectivity index (χ4n) is 2.01. The summed E-state index contributed by atoms with van der Waals surface area (Å²) in [5.74, 6) is 0. The zero-order chi connectivity index (χ0) is 13.4. The molecular formula is C13H9N5O. The third-order valence-corrected chi connectivity index (χ3v) is 2.91. The number of fused-ring (bicyclic) bond motifs is 1. The van der Waals surface area contributed by atoms with Crippen LogP contribution in [0.25, 0.3) is 16.6 Å². The number of hydrogen-bond acceptors (Lipinski definition) is 4. The van der Waals surface area contributed by atoms with E-state index in [4.69, 9.17) is 11.0 Å². The summed E-state index contributed by atoms with van der Waals surface area (Å²) in [6.07, 6.45) is 3.08. The van der Waals surface area contributed by atoms with E-state index in [1.807, 2.05) is 0 Å². The lowest BCUT2D eigenvalue weighted by atomic mass is 10.2. The van der Waals surface area contributed by atoms with Gasteiger partial charge in [0.1, 0.15) is 11.8 Å². The Kier molecular flexibility index (Phi) is 2.32. The molecule has 2 aromatic heterocycles. The number of H-pyrrole nitrogens is 1. The van der Waals surface area contributed by atoms with Crippen LogP contribution in [0.15, 0.2) is 41.6 Å². The standard InChI is InChI=1S/C13H9N5O/c14-6-8-2-1-3-18(8)12-5-11-9(4-10(12)15)13(19)17-7-16-11/h1-5,7H,15H2,(H,16,17,19). The second-order valence-electron chi connectivity index (χ2n) is 4.04. The monoisotopic (exact) mass is 251 g/mol. The van der Waals surface area contributed by atoms with Crippen LogP contribution < -0.4 is 11.3 Å². The van der Waals surface area contributed by atoms with Crippen molar-refractivity contribution in [1.29, 1.82) is 5.26 Å². The topological polar surface area (TPSA) is 100 Å². The van der Waals surface area contributed by atoms with E-state index < -0.39 is 0 Å². The molecule has 0 aliphatic rings. The minimum absolute atomic E-state index is 0.240. The van der Waals surface area contributed by atoms with E-state index in [9.17, 15) is 4.79 Å². The van der Waals surface area contributed by atoms with Crippen molar-refractivity contribution in [3.8, 4) is 11.8 Å². The Labute approximate surface area is 107 Å². The summed E-state index contributed by atoms with van der Waals surface area (Å²) in [4.78, 5) is 18.2. The van der Waals surface area contributed by atoms with Gasteiger partial charge in [-0.05, 0) is 24.3 Å². The summed E-state index contributed by atoms with van der Waals surface area (Å²) in [7, 11) is 0. The number of hydrogen-bond donors (Lipinski definition) is 2. The van der Waals surface area contributed by atoms with E-state index in [0.717, 1.165) is 0 Å². The molecule has 6 nitrogen and oxygen atoms in total. The minimum atomic E-state index is -0.240. The van der Waals surface area contributed by atoms with E-state index >= 15 is 0 Å². The highest BCUT2D eigenvalue weighted by atomic mass is 16.1. The number of nitrogens with one attached hydrogen (secondary N) is 1.